The lowest BCUT2D eigenvalue weighted by Crippen LogP contribution is -2.42. The Balaban J connectivity index is 1.43. The van der Waals surface area contributed by atoms with Gasteiger partial charge in [-0.15, -0.1) is 0 Å². The van der Waals surface area contributed by atoms with Gasteiger partial charge in [-0.1, -0.05) is 36.4 Å². The lowest BCUT2D eigenvalue weighted by molar-refractivity contribution is 0.0556. The normalized spacial score (nSPS) is 21.8. The third-order valence-corrected chi connectivity index (χ3v) is 5.29. The van der Waals surface area contributed by atoms with E-state index < -0.39 is 6.10 Å². The zero-order chi connectivity index (χ0) is 17.6. The first-order valence-electron chi connectivity index (χ1n) is 8.49. The molecule has 0 saturated heterocycles. The summed E-state index contributed by atoms with van der Waals surface area (Å²) in [6.45, 7) is 0.851. The zero-order valence-corrected chi connectivity index (χ0v) is 14.1. The van der Waals surface area contributed by atoms with E-state index in [1.54, 1.807) is 24.3 Å². The van der Waals surface area contributed by atoms with Gasteiger partial charge in [-0.25, -0.2) is 0 Å². The maximum absolute atomic E-state index is 12.4. The number of likely N-dealkylation sites (N-methyl/N-ethyl adjacent to an activating group) is 1. The van der Waals surface area contributed by atoms with Crippen LogP contribution in [0.25, 0.3) is 0 Å². The summed E-state index contributed by atoms with van der Waals surface area (Å²) >= 11 is 0. The molecule has 1 aliphatic carbocycles. The maximum atomic E-state index is 12.4. The smallest absolute Gasteiger partial charge is 0.261 e. The standard InChI is InChI=1S/C20H20N2O3/c1-21(17-12-13-6-2-3-7-14(13)18(17)23)10-11-22-19(24)15-8-4-5-9-16(15)20(22)25/h2-9,17-18,23H,10-12H2,1H3/t17-,18+/m0/s1. The summed E-state index contributed by atoms with van der Waals surface area (Å²) < 4.78 is 0. The maximum Gasteiger partial charge on any atom is 0.261 e. The number of benzene rings is 2. The van der Waals surface area contributed by atoms with Crippen LogP contribution in [0.2, 0.25) is 0 Å². The van der Waals surface area contributed by atoms with Crippen LogP contribution < -0.4 is 0 Å². The van der Waals surface area contributed by atoms with Gasteiger partial charge in [0.05, 0.1) is 17.2 Å². The molecule has 5 nitrogen and oxygen atoms in total. The molecule has 1 aliphatic heterocycles. The minimum absolute atomic E-state index is 0.0346. The van der Waals surface area contributed by atoms with Gasteiger partial charge in [-0.05, 0) is 36.7 Å². The number of aliphatic hydroxyl groups is 1. The number of nitrogens with zero attached hydrogens (tertiary/aromatic N) is 2. The highest BCUT2D eigenvalue weighted by atomic mass is 16.3. The molecule has 2 aliphatic rings. The predicted octanol–water partition coefficient (Wildman–Crippen LogP) is 1.87. The summed E-state index contributed by atoms with van der Waals surface area (Å²) in [7, 11) is 1.93. The highest BCUT2D eigenvalue weighted by molar-refractivity contribution is 6.21. The predicted molar refractivity (Wildman–Crippen MR) is 93.3 cm³/mol. The van der Waals surface area contributed by atoms with E-state index in [0.717, 1.165) is 17.5 Å². The van der Waals surface area contributed by atoms with Crippen molar-refractivity contribution in [2.75, 3.05) is 20.1 Å². The van der Waals surface area contributed by atoms with Gasteiger partial charge < -0.3 is 5.11 Å². The average Bonchev–Trinajstić information content (AvgIpc) is 3.09. The second kappa shape index (κ2) is 6.10. The molecule has 1 heterocycles. The molecule has 0 saturated carbocycles. The van der Waals surface area contributed by atoms with Crippen molar-refractivity contribution in [2.24, 2.45) is 0 Å². The second-order valence-corrected chi connectivity index (χ2v) is 6.70. The van der Waals surface area contributed by atoms with Gasteiger partial charge in [-0.3, -0.25) is 19.4 Å². The highest BCUT2D eigenvalue weighted by Crippen LogP contribution is 2.33. The molecule has 1 N–H and O–H groups in total. The van der Waals surface area contributed by atoms with Gasteiger partial charge in [0.15, 0.2) is 0 Å². The van der Waals surface area contributed by atoms with Gasteiger partial charge in [0.25, 0.3) is 11.8 Å². The number of hydrogen-bond donors (Lipinski definition) is 1. The lowest BCUT2D eigenvalue weighted by atomic mass is 10.1. The fourth-order valence-electron chi connectivity index (χ4n) is 3.82. The summed E-state index contributed by atoms with van der Waals surface area (Å²) in [6.07, 6.45) is 0.235. The molecule has 0 fully saturated rings. The van der Waals surface area contributed by atoms with Crippen LogP contribution in [-0.4, -0.2) is 52.9 Å². The molecule has 2 amide bonds. The van der Waals surface area contributed by atoms with E-state index in [-0.39, 0.29) is 17.9 Å². The number of amides is 2. The second-order valence-electron chi connectivity index (χ2n) is 6.70. The number of fused-ring (bicyclic) bond motifs is 2. The Morgan fingerprint density at radius 2 is 1.64 bits per heavy atom. The van der Waals surface area contributed by atoms with E-state index in [1.807, 2.05) is 36.2 Å². The first-order chi connectivity index (χ1) is 12.1. The summed E-state index contributed by atoms with van der Waals surface area (Å²) in [4.78, 5) is 28.2. The Kier molecular flexibility index (Phi) is 3.90. The molecule has 0 spiro atoms. The van der Waals surface area contributed by atoms with E-state index in [0.29, 0.717) is 24.2 Å². The number of hydrogen-bond acceptors (Lipinski definition) is 4. The largest absolute Gasteiger partial charge is 0.387 e. The van der Waals surface area contributed by atoms with E-state index in [1.165, 1.54) is 4.90 Å². The van der Waals surface area contributed by atoms with Crippen molar-refractivity contribution in [3.63, 3.8) is 0 Å². The average molecular weight is 336 g/mol. The van der Waals surface area contributed by atoms with Crippen LogP contribution in [0.5, 0.6) is 0 Å². The summed E-state index contributed by atoms with van der Waals surface area (Å²) in [5.41, 5.74) is 3.08. The van der Waals surface area contributed by atoms with Crippen molar-refractivity contribution >= 4 is 11.8 Å². The number of imide groups is 1. The monoisotopic (exact) mass is 336 g/mol. The number of aliphatic hydroxyl groups excluding tert-OH is 1. The fraction of sp³-hybridized carbons (Fsp3) is 0.300. The molecule has 2 aromatic carbocycles. The highest BCUT2D eigenvalue weighted by Gasteiger charge is 2.37. The number of carbonyl (C=O) groups is 2. The molecule has 25 heavy (non-hydrogen) atoms. The van der Waals surface area contributed by atoms with Crippen molar-refractivity contribution in [2.45, 2.75) is 18.6 Å². The molecule has 128 valence electrons. The first kappa shape index (κ1) is 16.0. The molecule has 0 bridgehead atoms. The number of carbonyl (C=O) groups excluding carboxylic acids is 2. The molecule has 0 unspecified atom stereocenters. The Hall–Kier alpha value is -2.50. The van der Waals surface area contributed by atoms with Crippen molar-refractivity contribution in [1.82, 2.24) is 9.80 Å². The van der Waals surface area contributed by atoms with Crippen LogP contribution in [0.3, 0.4) is 0 Å². The van der Waals surface area contributed by atoms with Crippen molar-refractivity contribution in [1.29, 1.82) is 0 Å². The van der Waals surface area contributed by atoms with Gasteiger partial charge in [-0.2, -0.15) is 0 Å². The third-order valence-electron chi connectivity index (χ3n) is 5.29. The Labute approximate surface area is 146 Å². The lowest BCUT2D eigenvalue weighted by Gasteiger charge is -2.28. The van der Waals surface area contributed by atoms with Crippen LogP contribution in [0.1, 0.15) is 37.9 Å². The van der Waals surface area contributed by atoms with Crippen molar-refractivity contribution in [3.8, 4) is 0 Å². The Morgan fingerprint density at radius 3 is 2.28 bits per heavy atom. The summed E-state index contributed by atoms with van der Waals surface area (Å²) in [5.74, 6) is -0.464. The van der Waals surface area contributed by atoms with Gasteiger partial charge in [0.1, 0.15) is 0 Å². The third kappa shape index (κ3) is 2.56. The summed E-state index contributed by atoms with van der Waals surface area (Å²) in [5, 5.41) is 10.6. The van der Waals surface area contributed by atoms with E-state index in [9.17, 15) is 14.7 Å². The minimum Gasteiger partial charge on any atom is -0.387 e. The molecule has 2 atom stereocenters. The molecule has 5 heteroatoms. The molecule has 0 aromatic heterocycles. The topological polar surface area (TPSA) is 60.9 Å². The molecule has 4 rings (SSSR count). The Bertz CT molecular complexity index is 813. The molecule has 0 radical (unpaired) electrons. The van der Waals surface area contributed by atoms with Crippen LogP contribution in [0, 0.1) is 0 Å². The van der Waals surface area contributed by atoms with Crippen LogP contribution in [-0.2, 0) is 6.42 Å². The first-order valence-corrected chi connectivity index (χ1v) is 8.49. The van der Waals surface area contributed by atoms with Crippen LogP contribution >= 0.6 is 0 Å². The van der Waals surface area contributed by atoms with E-state index in [4.69, 9.17) is 0 Å². The Morgan fingerprint density at radius 1 is 1.04 bits per heavy atom. The minimum atomic E-state index is -0.539. The fourth-order valence-corrected chi connectivity index (χ4v) is 3.82. The molecular formula is C20H20N2O3. The SMILES string of the molecule is CN(CCN1C(=O)c2ccccc2C1=O)[C@H]1Cc2ccccc2[C@H]1O. The van der Waals surface area contributed by atoms with Gasteiger partial charge >= 0.3 is 0 Å². The van der Waals surface area contributed by atoms with Gasteiger partial charge in [0, 0.05) is 19.1 Å². The van der Waals surface area contributed by atoms with Gasteiger partial charge in [0.2, 0.25) is 0 Å². The quantitative estimate of drug-likeness (QED) is 0.866. The van der Waals surface area contributed by atoms with Crippen molar-refractivity contribution < 1.29 is 14.7 Å². The van der Waals surface area contributed by atoms with E-state index in [2.05, 4.69) is 0 Å². The zero-order valence-electron chi connectivity index (χ0n) is 14.1. The van der Waals surface area contributed by atoms with Crippen LogP contribution in [0.15, 0.2) is 48.5 Å². The number of rotatable bonds is 4. The molecule has 2 aromatic rings. The molecular weight excluding hydrogens is 316 g/mol. The van der Waals surface area contributed by atoms with Crippen LogP contribution in [0.4, 0.5) is 0 Å². The van der Waals surface area contributed by atoms with Crippen molar-refractivity contribution in [3.05, 3.63) is 70.8 Å². The summed E-state index contributed by atoms with van der Waals surface area (Å²) in [6, 6.07) is 14.8. The van der Waals surface area contributed by atoms with E-state index >= 15 is 0 Å².